The van der Waals surface area contributed by atoms with Gasteiger partial charge >= 0.3 is 0 Å². The third kappa shape index (κ3) is 3.26. The molecule has 0 bridgehead atoms. The van der Waals surface area contributed by atoms with E-state index in [-0.39, 0.29) is 5.91 Å². The second kappa shape index (κ2) is 6.52. The van der Waals surface area contributed by atoms with Crippen molar-refractivity contribution >= 4 is 34.2 Å². The molecule has 0 unspecified atom stereocenters. The summed E-state index contributed by atoms with van der Waals surface area (Å²) in [5.41, 5.74) is 2.09. The van der Waals surface area contributed by atoms with Crippen LogP contribution in [0.5, 0.6) is 0 Å². The molecule has 3 rings (SSSR count). The first-order valence-electron chi connectivity index (χ1n) is 6.95. The molecule has 3 aromatic rings. The average Bonchev–Trinajstić information content (AvgIpc) is 2.90. The summed E-state index contributed by atoms with van der Waals surface area (Å²) in [4.78, 5) is 23.9. The highest BCUT2D eigenvalue weighted by atomic mass is 35.5. The molecule has 0 saturated carbocycles. The predicted octanol–water partition coefficient (Wildman–Crippen LogP) is 2.54. The van der Waals surface area contributed by atoms with Gasteiger partial charge < -0.3 is 9.88 Å². The zero-order valence-corrected chi connectivity index (χ0v) is 13.5. The summed E-state index contributed by atoms with van der Waals surface area (Å²) in [7, 11) is 1.88. The van der Waals surface area contributed by atoms with E-state index < -0.39 is 0 Å². The van der Waals surface area contributed by atoms with Crippen LogP contribution in [0.4, 0.5) is 5.69 Å². The van der Waals surface area contributed by atoms with Crippen LogP contribution < -0.4 is 5.32 Å². The van der Waals surface area contributed by atoms with Gasteiger partial charge in [0.25, 0.3) is 0 Å². The number of rotatable bonds is 2. The molecule has 0 radical (unpaired) electrons. The van der Waals surface area contributed by atoms with Gasteiger partial charge in [0, 0.05) is 18.6 Å². The number of pyridine rings is 1. The minimum atomic E-state index is -0.297. The molecule has 0 fully saturated rings. The topological polar surface area (TPSA) is 72.7 Å². The van der Waals surface area contributed by atoms with Crippen LogP contribution in [0.1, 0.15) is 11.4 Å². The lowest BCUT2D eigenvalue weighted by Gasteiger charge is -2.02. The molecule has 0 aliphatic heterocycles. The zero-order valence-electron chi connectivity index (χ0n) is 12.7. The number of aryl methyl sites for hydroxylation is 1. The van der Waals surface area contributed by atoms with Crippen molar-refractivity contribution in [2.24, 2.45) is 7.05 Å². The summed E-state index contributed by atoms with van der Waals surface area (Å²) in [6, 6.07) is 1.82. The first-order valence-corrected chi connectivity index (χ1v) is 7.32. The standard InChI is InChI=1S/C17H12ClN5O/c1-3-16(24)22-13-6-14-11(10-23(2)17(14)21-9-13)4-5-15-19-7-12(18)8-20-15/h3,6-10H,1H2,2H3,(H,22,24). The van der Waals surface area contributed by atoms with Crippen molar-refractivity contribution in [3.8, 4) is 11.8 Å². The van der Waals surface area contributed by atoms with Crippen molar-refractivity contribution in [1.29, 1.82) is 0 Å². The van der Waals surface area contributed by atoms with Gasteiger partial charge in [-0.25, -0.2) is 15.0 Å². The zero-order chi connectivity index (χ0) is 17.1. The van der Waals surface area contributed by atoms with Gasteiger partial charge in [0.2, 0.25) is 11.7 Å². The van der Waals surface area contributed by atoms with Crippen molar-refractivity contribution < 1.29 is 4.79 Å². The highest BCUT2D eigenvalue weighted by molar-refractivity contribution is 6.30. The first-order chi connectivity index (χ1) is 11.6. The third-order valence-electron chi connectivity index (χ3n) is 3.20. The van der Waals surface area contributed by atoms with Crippen molar-refractivity contribution in [1.82, 2.24) is 19.5 Å². The maximum atomic E-state index is 11.4. The fourth-order valence-electron chi connectivity index (χ4n) is 2.12. The molecule has 3 aromatic heterocycles. The molecule has 6 nitrogen and oxygen atoms in total. The molecule has 0 spiro atoms. The second-order valence-electron chi connectivity index (χ2n) is 4.92. The van der Waals surface area contributed by atoms with Gasteiger partial charge in [-0.15, -0.1) is 0 Å². The first kappa shape index (κ1) is 15.7. The monoisotopic (exact) mass is 337 g/mol. The molecule has 24 heavy (non-hydrogen) atoms. The Balaban J connectivity index is 2.01. The van der Waals surface area contributed by atoms with E-state index in [1.807, 2.05) is 23.9 Å². The minimum Gasteiger partial charge on any atom is -0.334 e. The normalized spacial score (nSPS) is 10.1. The number of anilines is 1. The van der Waals surface area contributed by atoms with E-state index in [0.29, 0.717) is 16.5 Å². The fraction of sp³-hybridized carbons (Fsp3) is 0.0588. The van der Waals surface area contributed by atoms with Crippen LogP contribution in [0.25, 0.3) is 11.0 Å². The Bertz CT molecular complexity index is 995. The van der Waals surface area contributed by atoms with Crippen LogP contribution >= 0.6 is 11.6 Å². The van der Waals surface area contributed by atoms with Crippen molar-refractivity contribution in [2.45, 2.75) is 0 Å². The molecule has 118 valence electrons. The molecule has 0 aliphatic rings. The van der Waals surface area contributed by atoms with Gasteiger partial charge in [0.15, 0.2) is 0 Å². The Hall–Kier alpha value is -3.17. The SMILES string of the molecule is C=CC(=O)Nc1cnc2c(c1)c(C#Cc1ncc(Cl)cn1)cn2C. The van der Waals surface area contributed by atoms with Crippen LogP contribution in [-0.2, 0) is 11.8 Å². The number of carbonyl (C=O) groups is 1. The van der Waals surface area contributed by atoms with E-state index in [0.717, 1.165) is 16.6 Å². The minimum absolute atomic E-state index is 0.297. The molecule has 3 heterocycles. The molecular weight excluding hydrogens is 326 g/mol. The lowest BCUT2D eigenvalue weighted by atomic mass is 10.2. The number of fused-ring (bicyclic) bond motifs is 1. The van der Waals surface area contributed by atoms with Gasteiger partial charge in [0.05, 0.1) is 34.9 Å². The predicted molar refractivity (Wildman–Crippen MR) is 92.6 cm³/mol. The van der Waals surface area contributed by atoms with Crippen LogP contribution in [0.2, 0.25) is 5.02 Å². The largest absolute Gasteiger partial charge is 0.334 e. The molecule has 0 saturated heterocycles. The lowest BCUT2D eigenvalue weighted by molar-refractivity contribution is -0.111. The lowest BCUT2D eigenvalue weighted by Crippen LogP contribution is -2.07. The Morgan fingerprint density at radius 1 is 1.29 bits per heavy atom. The maximum absolute atomic E-state index is 11.4. The maximum Gasteiger partial charge on any atom is 0.247 e. The number of halogens is 1. The number of aromatic nitrogens is 4. The Morgan fingerprint density at radius 2 is 2.04 bits per heavy atom. The van der Waals surface area contributed by atoms with Crippen LogP contribution in [-0.4, -0.2) is 25.4 Å². The molecule has 0 aliphatic carbocycles. The Kier molecular flexibility index (Phi) is 4.27. The van der Waals surface area contributed by atoms with Crippen LogP contribution in [0, 0.1) is 11.8 Å². The molecule has 0 atom stereocenters. The summed E-state index contributed by atoms with van der Waals surface area (Å²) in [5, 5.41) is 3.96. The van der Waals surface area contributed by atoms with Crippen molar-refractivity contribution in [3.05, 3.63) is 59.9 Å². The molecule has 1 N–H and O–H groups in total. The summed E-state index contributed by atoms with van der Waals surface area (Å²) in [6.45, 7) is 3.43. The number of nitrogens with zero attached hydrogens (tertiary/aromatic N) is 4. The van der Waals surface area contributed by atoms with E-state index in [4.69, 9.17) is 11.6 Å². The van der Waals surface area contributed by atoms with Gasteiger partial charge in [-0.3, -0.25) is 4.79 Å². The van der Waals surface area contributed by atoms with Gasteiger partial charge in [-0.05, 0) is 18.1 Å². The van der Waals surface area contributed by atoms with E-state index in [1.54, 1.807) is 6.20 Å². The highest BCUT2D eigenvalue weighted by Gasteiger charge is 2.08. The van der Waals surface area contributed by atoms with Crippen molar-refractivity contribution in [3.63, 3.8) is 0 Å². The van der Waals surface area contributed by atoms with E-state index in [2.05, 4.69) is 38.7 Å². The summed E-state index contributed by atoms with van der Waals surface area (Å²) >= 11 is 5.75. The second-order valence-corrected chi connectivity index (χ2v) is 5.35. The quantitative estimate of drug-likeness (QED) is 0.576. The van der Waals surface area contributed by atoms with E-state index in [9.17, 15) is 4.79 Å². The van der Waals surface area contributed by atoms with E-state index >= 15 is 0 Å². The molecule has 1 amide bonds. The third-order valence-corrected chi connectivity index (χ3v) is 3.39. The number of amides is 1. The van der Waals surface area contributed by atoms with Gasteiger partial charge in [0.1, 0.15) is 5.65 Å². The smallest absolute Gasteiger partial charge is 0.247 e. The average molecular weight is 338 g/mol. The molecular formula is C17H12ClN5O. The number of hydrogen-bond donors (Lipinski definition) is 1. The highest BCUT2D eigenvalue weighted by Crippen LogP contribution is 2.21. The Labute approximate surface area is 143 Å². The molecule has 0 aromatic carbocycles. The van der Waals surface area contributed by atoms with Crippen LogP contribution in [0.15, 0.2) is 43.5 Å². The number of nitrogens with one attached hydrogen (secondary N) is 1. The van der Waals surface area contributed by atoms with E-state index in [1.165, 1.54) is 18.5 Å². The summed E-state index contributed by atoms with van der Waals surface area (Å²) < 4.78 is 1.86. The summed E-state index contributed by atoms with van der Waals surface area (Å²) in [5.74, 6) is 6.00. The van der Waals surface area contributed by atoms with Crippen LogP contribution in [0.3, 0.4) is 0 Å². The fourth-order valence-corrected chi connectivity index (χ4v) is 2.22. The Morgan fingerprint density at radius 3 is 2.75 bits per heavy atom. The number of hydrogen-bond acceptors (Lipinski definition) is 4. The number of carbonyl (C=O) groups excluding carboxylic acids is 1. The van der Waals surface area contributed by atoms with Gasteiger partial charge in [-0.2, -0.15) is 0 Å². The van der Waals surface area contributed by atoms with Crippen molar-refractivity contribution in [2.75, 3.05) is 5.32 Å². The van der Waals surface area contributed by atoms with Gasteiger partial charge in [-0.1, -0.05) is 24.1 Å². The molecule has 7 heteroatoms. The summed E-state index contributed by atoms with van der Waals surface area (Å²) in [6.07, 6.45) is 7.63.